The van der Waals surface area contributed by atoms with Crippen LogP contribution in [0.2, 0.25) is 0 Å². The Labute approximate surface area is 130 Å². The number of hydrogen-bond donors (Lipinski definition) is 1. The SMILES string of the molecule is Cc1nc(C(=O)NCc2csc(-c3ccn(C)n3)n2)n(C)n1. The van der Waals surface area contributed by atoms with Gasteiger partial charge in [-0.2, -0.15) is 10.2 Å². The van der Waals surface area contributed by atoms with Crippen molar-refractivity contribution in [2.45, 2.75) is 13.5 Å². The van der Waals surface area contributed by atoms with Crippen LogP contribution in [0.25, 0.3) is 10.7 Å². The number of aryl methyl sites for hydroxylation is 3. The van der Waals surface area contributed by atoms with Gasteiger partial charge in [0, 0.05) is 25.7 Å². The quantitative estimate of drug-likeness (QED) is 0.772. The van der Waals surface area contributed by atoms with Gasteiger partial charge in [0.2, 0.25) is 5.82 Å². The smallest absolute Gasteiger partial charge is 0.289 e. The highest BCUT2D eigenvalue weighted by Crippen LogP contribution is 2.21. The molecule has 0 aliphatic rings. The lowest BCUT2D eigenvalue weighted by Gasteiger charge is -2.01. The third-order valence-electron chi connectivity index (χ3n) is 2.99. The summed E-state index contributed by atoms with van der Waals surface area (Å²) >= 11 is 1.50. The van der Waals surface area contributed by atoms with Crippen LogP contribution in [0.4, 0.5) is 0 Å². The van der Waals surface area contributed by atoms with Crippen molar-refractivity contribution in [2.24, 2.45) is 14.1 Å². The molecule has 1 N–H and O–H groups in total. The average Bonchev–Trinajstić information content (AvgIpc) is 3.16. The normalized spacial score (nSPS) is 10.9. The number of nitrogens with zero attached hydrogens (tertiary/aromatic N) is 6. The summed E-state index contributed by atoms with van der Waals surface area (Å²) in [6.07, 6.45) is 1.87. The number of hydrogen-bond acceptors (Lipinski definition) is 6. The number of amides is 1. The summed E-state index contributed by atoms with van der Waals surface area (Å²) in [5.74, 6) is 0.590. The molecule has 0 atom stereocenters. The maximum atomic E-state index is 12.1. The van der Waals surface area contributed by atoms with Gasteiger partial charge in [-0.3, -0.25) is 9.48 Å². The van der Waals surface area contributed by atoms with E-state index in [1.165, 1.54) is 16.0 Å². The highest BCUT2D eigenvalue weighted by molar-refractivity contribution is 7.13. The first kappa shape index (κ1) is 14.4. The molecule has 0 aliphatic heterocycles. The van der Waals surface area contributed by atoms with Crippen molar-refractivity contribution in [1.82, 2.24) is 34.8 Å². The zero-order chi connectivity index (χ0) is 15.7. The van der Waals surface area contributed by atoms with Crippen LogP contribution in [0.5, 0.6) is 0 Å². The van der Waals surface area contributed by atoms with E-state index in [1.54, 1.807) is 18.7 Å². The van der Waals surface area contributed by atoms with Crippen molar-refractivity contribution in [3.8, 4) is 10.7 Å². The maximum absolute atomic E-state index is 12.1. The summed E-state index contributed by atoms with van der Waals surface area (Å²) in [5, 5.41) is 13.9. The molecule has 0 fully saturated rings. The fourth-order valence-electron chi connectivity index (χ4n) is 1.99. The van der Waals surface area contributed by atoms with E-state index in [1.807, 2.05) is 24.7 Å². The average molecular weight is 317 g/mol. The molecule has 8 nitrogen and oxygen atoms in total. The van der Waals surface area contributed by atoms with E-state index in [0.29, 0.717) is 12.4 Å². The topological polar surface area (TPSA) is 90.5 Å². The predicted octanol–water partition coefficient (Wildman–Crippen LogP) is 0.911. The van der Waals surface area contributed by atoms with Gasteiger partial charge in [0.25, 0.3) is 5.91 Å². The van der Waals surface area contributed by atoms with Crippen LogP contribution in [0.15, 0.2) is 17.6 Å². The van der Waals surface area contributed by atoms with Gasteiger partial charge in [-0.15, -0.1) is 11.3 Å². The summed E-state index contributed by atoms with van der Waals surface area (Å²) in [6, 6.07) is 1.91. The van der Waals surface area contributed by atoms with Crippen molar-refractivity contribution in [3.05, 3.63) is 35.0 Å². The largest absolute Gasteiger partial charge is 0.344 e. The summed E-state index contributed by atoms with van der Waals surface area (Å²) in [6.45, 7) is 2.09. The van der Waals surface area contributed by atoms with Crippen LogP contribution >= 0.6 is 11.3 Å². The number of carbonyl (C=O) groups is 1. The lowest BCUT2D eigenvalue weighted by atomic mass is 10.4. The van der Waals surface area contributed by atoms with E-state index in [9.17, 15) is 4.79 Å². The molecule has 114 valence electrons. The van der Waals surface area contributed by atoms with Gasteiger partial charge >= 0.3 is 0 Å². The Morgan fingerprint density at radius 1 is 1.32 bits per heavy atom. The number of thiazole rings is 1. The zero-order valence-electron chi connectivity index (χ0n) is 12.4. The number of rotatable bonds is 4. The Balaban J connectivity index is 1.66. The Kier molecular flexibility index (Phi) is 3.72. The van der Waals surface area contributed by atoms with Gasteiger partial charge in [-0.25, -0.2) is 14.6 Å². The molecule has 9 heteroatoms. The second-order valence-corrected chi connectivity index (χ2v) is 5.67. The van der Waals surface area contributed by atoms with Crippen LogP contribution in [-0.4, -0.2) is 35.4 Å². The van der Waals surface area contributed by atoms with Gasteiger partial charge in [-0.05, 0) is 13.0 Å². The van der Waals surface area contributed by atoms with E-state index in [-0.39, 0.29) is 11.7 Å². The lowest BCUT2D eigenvalue weighted by Crippen LogP contribution is -2.26. The predicted molar refractivity (Wildman–Crippen MR) is 81.2 cm³/mol. The molecule has 0 spiro atoms. The molecule has 0 radical (unpaired) electrons. The highest BCUT2D eigenvalue weighted by Gasteiger charge is 2.14. The molecule has 0 saturated carbocycles. The second-order valence-electron chi connectivity index (χ2n) is 4.81. The minimum atomic E-state index is -0.268. The fourth-order valence-corrected chi connectivity index (χ4v) is 2.78. The van der Waals surface area contributed by atoms with Crippen molar-refractivity contribution in [3.63, 3.8) is 0 Å². The summed E-state index contributed by atoms with van der Waals surface area (Å²) < 4.78 is 3.19. The maximum Gasteiger partial charge on any atom is 0.289 e. The van der Waals surface area contributed by atoms with Crippen LogP contribution in [0.1, 0.15) is 22.1 Å². The van der Waals surface area contributed by atoms with Crippen molar-refractivity contribution < 1.29 is 4.79 Å². The molecule has 3 rings (SSSR count). The summed E-state index contributed by atoms with van der Waals surface area (Å²) in [5.41, 5.74) is 1.62. The molecule has 0 unspecified atom stereocenters. The molecular formula is C13H15N7OS. The van der Waals surface area contributed by atoms with Crippen molar-refractivity contribution in [1.29, 1.82) is 0 Å². The first-order valence-corrected chi connectivity index (χ1v) is 7.51. The van der Waals surface area contributed by atoms with E-state index in [4.69, 9.17) is 0 Å². The number of aromatic nitrogens is 6. The van der Waals surface area contributed by atoms with Crippen molar-refractivity contribution >= 4 is 17.2 Å². The standard InChI is InChI=1S/C13H15N7OS/c1-8-15-11(20(3)17-8)12(21)14-6-9-7-22-13(16-9)10-4-5-19(2)18-10/h4-5,7H,6H2,1-3H3,(H,14,21). The molecule has 0 bridgehead atoms. The first-order valence-electron chi connectivity index (χ1n) is 6.63. The minimum absolute atomic E-state index is 0.268. The molecule has 22 heavy (non-hydrogen) atoms. The Hall–Kier alpha value is -2.55. The molecular weight excluding hydrogens is 302 g/mol. The fraction of sp³-hybridized carbons (Fsp3) is 0.308. The molecule has 0 aromatic carbocycles. The van der Waals surface area contributed by atoms with Crippen LogP contribution in [-0.2, 0) is 20.6 Å². The van der Waals surface area contributed by atoms with Crippen LogP contribution < -0.4 is 5.32 Å². The lowest BCUT2D eigenvalue weighted by molar-refractivity contribution is 0.0935. The van der Waals surface area contributed by atoms with Gasteiger partial charge in [0.15, 0.2) is 0 Å². The summed E-state index contributed by atoms with van der Waals surface area (Å²) in [4.78, 5) is 20.6. The minimum Gasteiger partial charge on any atom is -0.344 e. The van der Waals surface area contributed by atoms with E-state index < -0.39 is 0 Å². The van der Waals surface area contributed by atoms with Gasteiger partial charge < -0.3 is 5.32 Å². The van der Waals surface area contributed by atoms with E-state index in [0.717, 1.165) is 16.4 Å². The Morgan fingerprint density at radius 3 is 2.77 bits per heavy atom. The molecule has 3 aromatic rings. The van der Waals surface area contributed by atoms with E-state index >= 15 is 0 Å². The van der Waals surface area contributed by atoms with E-state index in [2.05, 4.69) is 25.5 Å². The van der Waals surface area contributed by atoms with Crippen molar-refractivity contribution in [2.75, 3.05) is 0 Å². The third-order valence-corrected chi connectivity index (χ3v) is 3.90. The zero-order valence-corrected chi connectivity index (χ0v) is 13.3. The second kappa shape index (κ2) is 5.68. The Morgan fingerprint density at radius 2 is 2.14 bits per heavy atom. The number of carbonyl (C=O) groups excluding carboxylic acids is 1. The van der Waals surface area contributed by atoms with Crippen LogP contribution in [0.3, 0.4) is 0 Å². The third kappa shape index (κ3) is 2.89. The van der Waals surface area contributed by atoms with Crippen LogP contribution in [0, 0.1) is 6.92 Å². The summed E-state index contributed by atoms with van der Waals surface area (Å²) in [7, 11) is 3.55. The molecule has 3 aromatic heterocycles. The Bertz CT molecular complexity index is 816. The molecule has 0 aliphatic carbocycles. The molecule has 1 amide bonds. The molecule has 3 heterocycles. The van der Waals surface area contributed by atoms with Gasteiger partial charge in [-0.1, -0.05) is 0 Å². The first-order chi connectivity index (χ1) is 10.5. The molecule has 0 saturated heterocycles. The highest BCUT2D eigenvalue weighted by atomic mass is 32.1. The number of nitrogens with one attached hydrogen (secondary N) is 1. The van der Waals surface area contributed by atoms with Gasteiger partial charge in [0.1, 0.15) is 16.5 Å². The monoisotopic (exact) mass is 317 g/mol. The van der Waals surface area contributed by atoms with Gasteiger partial charge in [0.05, 0.1) is 12.2 Å².